The number of hydrogen-bond acceptors (Lipinski definition) is 1. The van der Waals surface area contributed by atoms with E-state index in [2.05, 4.69) is 94.8 Å². The van der Waals surface area contributed by atoms with E-state index < -0.39 is 0 Å². The predicted octanol–water partition coefficient (Wildman–Crippen LogP) is 7.07. The van der Waals surface area contributed by atoms with Crippen LogP contribution in [-0.4, -0.2) is 0 Å². The first-order chi connectivity index (χ1) is 11.3. The third-order valence-corrected chi connectivity index (χ3v) is 5.66. The highest BCUT2D eigenvalue weighted by molar-refractivity contribution is 9.10. The Morgan fingerprint density at radius 3 is 2.48 bits per heavy atom. The van der Waals surface area contributed by atoms with Gasteiger partial charge in [0.2, 0.25) is 0 Å². The van der Waals surface area contributed by atoms with Crippen molar-refractivity contribution in [3.8, 4) is 0 Å². The maximum Gasteiger partial charge on any atom is 0.0366 e. The molecule has 4 aromatic rings. The van der Waals surface area contributed by atoms with E-state index in [1.54, 1.807) is 0 Å². The van der Waals surface area contributed by atoms with Gasteiger partial charge in [0.15, 0.2) is 0 Å². The summed E-state index contributed by atoms with van der Waals surface area (Å²) in [6, 6.07) is 23.5. The van der Waals surface area contributed by atoms with Crippen molar-refractivity contribution in [2.24, 2.45) is 0 Å². The second-order valence-electron chi connectivity index (χ2n) is 5.54. The summed E-state index contributed by atoms with van der Waals surface area (Å²) in [6.07, 6.45) is 5.50. The largest absolute Gasteiger partial charge is 0.135 e. The molecule has 0 fully saturated rings. The minimum Gasteiger partial charge on any atom is -0.135 e. The summed E-state index contributed by atoms with van der Waals surface area (Å²) >= 11 is 5.34. The van der Waals surface area contributed by atoms with E-state index in [-0.39, 0.29) is 0 Å². The van der Waals surface area contributed by atoms with E-state index in [9.17, 15) is 0 Å². The molecule has 0 saturated carbocycles. The Kier molecular flexibility index (Phi) is 4.02. The number of benzene rings is 3. The lowest BCUT2D eigenvalue weighted by molar-refractivity contribution is 1.31. The van der Waals surface area contributed by atoms with Crippen molar-refractivity contribution < 1.29 is 0 Å². The monoisotopic (exact) mass is 378 g/mol. The predicted molar refractivity (Wildman–Crippen MR) is 106 cm³/mol. The minimum absolute atomic E-state index is 1.12. The molecule has 5 rings (SSSR count). The molecule has 1 heterocycles. The third kappa shape index (κ3) is 2.97. The van der Waals surface area contributed by atoms with Crippen molar-refractivity contribution in [1.82, 2.24) is 0 Å². The Bertz CT molecular complexity index is 1010. The number of thiophene rings is 1. The molecule has 0 unspecified atom stereocenters. The highest BCUT2D eigenvalue weighted by Crippen LogP contribution is 2.34. The van der Waals surface area contributed by atoms with Crippen LogP contribution in [0.25, 0.3) is 26.2 Å². The van der Waals surface area contributed by atoms with Gasteiger partial charge in [-0.25, -0.2) is 0 Å². The topological polar surface area (TPSA) is 0 Å². The fourth-order valence-corrected chi connectivity index (χ4v) is 4.55. The maximum absolute atomic E-state index is 3.50. The van der Waals surface area contributed by atoms with Gasteiger partial charge in [-0.05, 0) is 35.7 Å². The normalized spacial score (nSPS) is 12.2. The molecule has 0 N–H and O–H groups in total. The lowest BCUT2D eigenvalue weighted by Crippen LogP contribution is -1.76. The van der Waals surface area contributed by atoms with Crippen LogP contribution in [0.3, 0.4) is 0 Å². The van der Waals surface area contributed by atoms with E-state index in [1.807, 2.05) is 11.3 Å². The molecule has 112 valence electrons. The molecular formula is C21H15BrS. The van der Waals surface area contributed by atoms with Crippen molar-refractivity contribution in [3.05, 3.63) is 88.4 Å². The molecular weight excluding hydrogens is 364 g/mol. The highest BCUT2D eigenvalue weighted by Gasteiger charge is 2.03. The minimum atomic E-state index is 1.12. The Hall–Kier alpha value is -1.90. The maximum atomic E-state index is 3.50. The average molecular weight is 379 g/mol. The molecule has 0 nitrogen and oxygen atoms in total. The van der Waals surface area contributed by atoms with E-state index >= 15 is 0 Å². The van der Waals surface area contributed by atoms with Crippen LogP contribution in [0.2, 0.25) is 0 Å². The van der Waals surface area contributed by atoms with Crippen LogP contribution in [0, 0.1) is 0 Å². The van der Waals surface area contributed by atoms with Crippen molar-refractivity contribution >= 4 is 53.5 Å². The zero-order valence-corrected chi connectivity index (χ0v) is 14.9. The quantitative estimate of drug-likeness (QED) is 0.306. The number of fused-ring (bicyclic) bond motifs is 4. The molecule has 3 aromatic carbocycles. The lowest BCUT2D eigenvalue weighted by atomic mass is 10.1. The van der Waals surface area contributed by atoms with E-state index in [0.717, 1.165) is 10.9 Å². The van der Waals surface area contributed by atoms with Gasteiger partial charge in [0.1, 0.15) is 0 Å². The molecule has 0 bridgehead atoms. The molecule has 1 aliphatic carbocycles. The molecule has 0 amide bonds. The summed E-state index contributed by atoms with van der Waals surface area (Å²) < 4.78 is 3.86. The second kappa shape index (κ2) is 6.31. The van der Waals surface area contributed by atoms with Crippen molar-refractivity contribution in [3.63, 3.8) is 0 Å². The van der Waals surface area contributed by atoms with Gasteiger partial charge in [-0.15, -0.1) is 11.3 Å². The SMILES string of the molecule is Brc1ccc2c(c1)sc1ccccc12.C1=Cc2ccccc2C1. The third-order valence-electron chi connectivity index (χ3n) is 4.03. The first kappa shape index (κ1) is 14.7. The van der Waals surface area contributed by atoms with Gasteiger partial charge in [-0.2, -0.15) is 0 Å². The first-order valence-corrected chi connectivity index (χ1v) is 9.23. The fraction of sp³-hybridized carbons (Fsp3) is 0.0476. The van der Waals surface area contributed by atoms with Gasteiger partial charge in [0.05, 0.1) is 0 Å². The number of allylic oxidation sites excluding steroid dienone is 1. The summed E-state index contributed by atoms with van der Waals surface area (Å²) in [5, 5.41) is 2.72. The first-order valence-electron chi connectivity index (χ1n) is 7.62. The lowest BCUT2D eigenvalue weighted by Gasteiger charge is -1.93. The zero-order valence-electron chi connectivity index (χ0n) is 12.5. The molecule has 1 aliphatic rings. The van der Waals surface area contributed by atoms with Crippen molar-refractivity contribution in [1.29, 1.82) is 0 Å². The van der Waals surface area contributed by atoms with Crippen LogP contribution in [0.4, 0.5) is 0 Å². The Labute approximate surface area is 148 Å². The Morgan fingerprint density at radius 1 is 0.783 bits per heavy atom. The zero-order chi connectivity index (χ0) is 15.6. The van der Waals surface area contributed by atoms with Gasteiger partial charge in [-0.3, -0.25) is 0 Å². The van der Waals surface area contributed by atoms with Crippen LogP contribution in [-0.2, 0) is 6.42 Å². The number of rotatable bonds is 0. The number of halogens is 1. The molecule has 1 aromatic heterocycles. The average Bonchev–Trinajstić information content (AvgIpc) is 3.19. The van der Waals surface area contributed by atoms with Crippen LogP contribution < -0.4 is 0 Å². The van der Waals surface area contributed by atoms with E-state index in [1.165, 1.54) is 31.3 Å². The summed E-state index contributed by atoms with van der Waals surface area (Å²) in [5.41, 5.74) is 2.84. The highest BCUT2D eigenvalue weighted by atomic mass is 79.9. The second-order valence-corrected chi connectivity index (χ2v) is 7.54. The van der Waals surface area contributed by atoms with E-state index in [4.69, 9.17) is 0 Å². The molecule has 2 heteroatoms. The summed E-state index contributed by atoms with van der Waals surface area (Å²) in [7, 11) is 0. The van der Waals surface area contributed by atoms with Crippen LogP contribution in [0.15, 0.2) is 77.3 Å². The van der Waals surface area contributed by atoms with Gasteiger partial charge in [0, 0.05) is 24.6 Å². The van der Waals surface area contributed by atoms with Crippen LogP contribution in [0.1, 0.15) is 11.1 Å². The van der Waals surface area contributed by atoms with Crippen LogP contribution in [0.5, 0.6) is 0 Å². The van der Waals surface area contributed by atoms with Crippen molar-refractivity contribution in [2.75, 3.05) is 0 Å². The molecule has 0 aliphatic heterocycles. The van der Waals surface area contributed by atoms with Gasteiger partial charge < -0.3 is 0 Å². The Balaban J connectivity index is 0.000000130. The summed E-state index contributed by atoms with van der Waals surface area (Å²) in [4.78, 5) is 0. The number of hydrogen-bond donors (Lipinski definition) is 0. The van der Waals surface area contributed by atoms with E-state index in [0.29, 0.717) is 0 Å². The molecule has 23 heavy (non-hydrogen) atoms. The fourth-order valence-electron chi connectivity index (χ4n) is 2.90. The molecule has 0 radical (unpaired) electrons. The van der Waals surface area contributed by atoms with Crippen molar-refractivity contribution in [2.45, 2.75) is 6.42 Å². The smallest absolute Gasteiger partial charge is 0.0366 e. The van der Waals surface area contributed by atoms with Crippen LogP contribution >= 0.6 is 27.3 Å². The standard InChI is InChI=1S/C12H7BrS.C9H8/c13-8-5-6-10-9-3-1-2-4-11(9)14-12(10)7-8;1-2-5-9-7-3-6-8(9)4-1/h1-7H;1-6H,7H2. The van der Waals surface area contributed by atoms with Gasteiger partial charge in [-0.1, -0.05) is 76.6 Å². The Morgan fingerprint density at radius 2 is 1.57 bits per heavy atom. The molecule has 0 atom stereocenters. The molecule has 0 saturated heterocycles. The van der Waals surface area contributed by atoms with Gasteiger partial charge in [0.25, 0.3) is 0 Å². The molecule has 0 spiro atoms. The summed E-state index contributed by atoms with van der Waals surface area (Å²) in [5.74, 6) is 0. The van der Waals surface area contributed by atoms with Gasteiger partial charge >= 0.3 is 0 Å². The summed E-state index contributed by atoms with van der Waals surface area (Å²) in [6.45, 7) is 0.